The number of allylic oxidation sites excluding steroid dienone is 3. The van der Waals surface area contributed by atoms with E-state index in [0.29, 0.717) is 45.0 Å². The average molecular weight is 695 g/mol. The highest BCUT2D eigenvalue weighted by Gasteiger charge is 2.40. The van der Waals surface area contributed by atoms with E-state index in [9.17, 15) is 17.8 Å². The largest absolute Gasteiger partial charge is 0.744 e. The molecule has 0 fully saturated rings. The van der Waals surface area contributed by atoms with Crippen molar-refractivity contribution in [2.45, 2.75) is 76.0 Å². The van der Waals surface area contributed by atoms with Crippen LogP contribution in [0.25, 0.3) is 17.4 Å². The van der Waals surface area contributed by atoms with Gasteiger partial charge in [0, 0.05) is 55.6 Å². The molecule has 1 aromatic carbocycles. The van der Waals surface area contributed by atoms with Crippen LogP contribution >= 0.6 is 0 Å². The molecule has 0 bridgehead atoms. The summed E-state index contributed by atoms with van der Waals surface area (Å²) in [4.78, 5) is 12.9. The zero-order chi connectivity index (χ0) is 36.0. The van der Waals surface area contributed by atoms with Crippen LogP contribution in [-0.2, 0) is 35.2 Å². The van der Waals surface area contributed by atoms with E-state index in [2.05, 4.69) is 54.5 Å². The maximum absolute atomic E-state index is 11.9. The monoisotopic (exact) mass is 694 g/mol. The lowest BCUT2D eigenvalue weighted by Crippen LogP contribution is -2.35. The number of carboxylic acid groups (broad SMARTS) is 1. The molecule has 0 radical (unpaired) electrons. The summed E-state index contributed by atoms with van der Waals surface area (Å²) in [5, 5.41) is 10.1. The Hall–Kier alpha value is -3.77. The van der Waals surface area contributed by atoms with Crippen molar-refractivity contribution in [3.05, 3.63) is 82.6 Å². The first-order valence-corrected chi connectivity index (χ1v) is 18.1. The summed E-state index contributed by atoms with van der Waals surface area (Å²) in [6, 6.07) is 12.9. The minimum Gasteiger partial charge on any atom is -0.744 e. The van der Waals surface area contributed by atoms with Gasteiger partial charge in [0.25, 0.3) is 0 Å². The zero-order valence-corrected chi connectivity index (χ0v) is 30.6. The number of aliphatic carboxylic acids is 1. The fraction of sp³-hybridized carbons (Fsp3) is 0.474. The molecule has 10 nitrogen and oxygen atoms in total. The van der Waals surface area contributed by atoms with Crippen molar-refractivity contribution in [1.29, 1.82) is 0 Å². The third kappa shape index (κ3) is 9.27. The molecule has 266 valence electrons. The van der Waals surface area contributed by atoms with Crippen LogP contribution < -0.4 is 14.8 Å². The van der Waals surface area contributed by atoms with Crippen LogP contribution in [0.4, 0.5) is 5.69 Å². The molecular formula is C38H50N2O8S. The molecule has 1 aromatic rings. The summed E-state index contributed by atoms with van der Waals surface area (Å²) in [6.07, 6.45) is 8.04. The van der Waals surface area contributed by atoms with Gasteiger partial charge in [-0.2, -0.15) is 0 Å². The molecule has 11 heteroatoms. The van der Waals surface area contributed by atoms with Crippen LogP contribution in [-0.4, -0.2) is 71.1 Å². The number of methoxy groups -OCH3 is 2. The molecule has 0 saturated heterocycles. The van der Waals surface area contributed by atoms with Crippen molar-refractivity contribution in [2.75, 3.05) is 52.0 Å². The van der Waals surface area contributed by atoms with Crippen LogP contribution in [0.1, 0.15) is 77.2 Å². The van der Waals surface area contributed by atoms with Crippen LogP contribution in [0.15, 0.2) is 69.6 Å². The Morgan fingerprint density at radius 3 is 2.33 bits per heavy atom. The van der Waals surface area contributed by atoms with E-state index in [1.165, 1.54) is 12.1 Å². The molecule has 1 N–H and O–H groups in total. The summed E-state index contributed by atoms with van der Waals surface area (Å²) in [5.74, 6) is 0.629. The van der Waals surface area contributed by atoms with Gasteiger partial charge in [0.05, 0.1) is 11.0 Å². The van der Waals surface area contributed by atoms with Gasteiger partial charge in [-0.1, -0.05) is 47.1 Å². The van der Waals surface area contributed by atoms with Crippen LogP contribution in [0, 0.1) is 0 Å². The van der Waals surface area contributed by atoms with Crippen LogP contribution in [0.3, 0.4) is 0 Å². The van der Waals surface area contributed by atoms with E-state index in [1.807, 2.05) is 32.1 Å². The Morgan fingerprint density at radius 2 is 1.71 bits per heavy atom. The van der Waals surface area contributed by atoms with E-state index >= 15 is 0 Å². The van der Waals surface area contributed by atoms with Crippen molar-refractivity contribution in [2.24, 2.45) is 0 Å². The summed E-state index contributed by atoms with van der Waals surface area (Å²) in [5.41, 5.74) is 3.94. The number of anilines is 1. The SMILES string of the molecule is COCC[N+](CCOC)=c1ccc2c(C(C)(C)C)cc(/C=C/C=C3/N(CCCCCC(=O)O)c4ccc(S(=O)(=O)[O-])cc4C3(C)C)oc-2c1. The Labute approximate surface area is 290 Å². The number of rotatable bonds is 15. The number of carboxylic acids is 1. The molecule has 3 aliphatic rings. The summed E-state index contributed by atoms with van der Waals surface area (Å²) >= 11 is 0. The third-order valence-electron chi connectivity index (χ3n) is 9.01. The summed E-state index contributed by atoms with van der Waals surface area (Å²) in [6.45, 7) is 13.7. The van der Waals surface area contributed by atoms with Gasteiger partial charge >= 0.3 is 5.97 Å². The number of unbranched alkanes of at least 4 members (excludes halogenated alkanes) is 2. The molecule has 2 heterocycles. The van der Waals surface area contributed by atoms with E-state index in [4.69, 9.17) is 19.0 Å². The smallest absolute Gasteiger partial charge is 0.303 e. The van der Waals surface area contributed by atoms with Crippen molar-refractivity contribution in [3.8, 4) is 11.3 Å². The third-order valence-corrected chi connectivity index (χ3v) is 9.84. The number of hydrogen-bond acceptors (Lipinski definition) is 8. The van der Waals surface area contributed by atoms with Crippen molar-refractivity contribution >= 4 is 27.9 Å². The van der Waals surface area contributed by atoms with Gasteiger partial charge < -0.3 is 28.5 Å². The van der Waals surface area contributed by atoms with Gasteiger partial charge in [-0.05, 0) is 71.9 Å². The number of fused-ring (bicyclic) bond motifs is 2. The van der Waals surface area contributed by atoms with Crippen molar-refractivity contribution in [1.82, 2.24) is 4.58 Å². The molecule has 0 saturated carbocycles. The number of ether oxygens (including phenoxy) is 2. The number of carbonyl (C=O) groups is 1. The highest BCUT2D eigenvalue weighted by Crippen LogP contribution is 2.48. The molecular weight excluding hydrogens is 644 g/mol. The number of benzene rings is 2. The fourth-order valence-corrected chi connectivity index (χ4v) is 6.87. The van der Waals surface area contributed by atoms with Gasteiger partial charge in [-0.3, -0.25) is 4.79 Å². The second kappa shape index (κ2) is 15.8. The Bertz CT molecular complexity index is 1840. The second-order valence-electron chi connectivity index (χ2n) is 14.0. The first kappa shape index (κ1) is 38.0. The van der Waals surface area contributed by atoms with Crippen molar-refractivity contribution < 1.29 is 36.8 Å². The number of nitrogens with zero attached hydrogens (tertiary/aromatic N) is 2. The lowest BCUT2D eigenvalue weighted by Gasteiger charge is -2.27. The molecule has 1 aliphatic carbocycles. The molecule has 0 unspecified atom stereocenters. The zero-order valence-electron chi connectivity index (χ0n) is 29.7. The average Bonchev–Trinajstić information content (AvgIpc) is 3.24. The Kier molecular flexibility index (Phi) is 12.3. The highest BCUT2D eigenvalue weighted by molar-refractivity contribution is 7.85. The predicted octanol–water partition coefficient (Wildman–Crippen LogP) is 5.99. The summed E-state index contributed by atoms with van der Waals surface area (Å²) < 4.78 is 55.1. The predicted molar refractivity (Wildman–Crippen MR) is 191 cm³/mol. The van der Waals surface area contributed by atoms with Gasteiger partial charge in [0.1, 0.15) is 34.9 Å². The lowest BCUT2D eigenvalue weighted by atomic mass is 9.82. The molecule has 0 atom stereocenters. The molecule has 4 rings (SSSR count). The highest BCUT2D eigenvalue weighted by atomic mass is 32.2. The summed E-state index contributed by atoms with van der Waals surface area (Å²) in [7, 11) is -1.25. The van der Waals surface area contributed by atoms with Gasteiger partial charge in [0.15, 0.2) is 13.1 Å². The molecule has 0 amide bonds. The lowest BCUT2D eigenvalue weighted by molar-refractivity contribution is -0.137. The Morgan fingerprint density at radius 1 is 1.02 bits per heavy atom. The minimum absolute atomic E-state index is 0.115. The van der Waals surface area contributed by atoms with Crippen LogP contribution in [0.5, 0.6) is 0 Å². The first-order valence-electron chi connectivity index (χ1n) is 16.7. The van der Waals surface area contributed by atoms with Gasteiger partial charge in [0.2, 0.25) is 5.36 Å². The van der Waals surface area contributed by atoms with E-state index in [1.54, 1.807) is 20.3 Å². The quantitative estimate of drug-likeness (QED) is 0.116. The fourth-order valence-electron chi connectivity index (χ4n) is 6.37. The molecule has 0 spiro atoms. The van der Waals surface area contributed by atoms with E-state index in [0.717, 1.165) is 52.0 Å². The second-order valence-corrected chi connectivity index (χ2v) is 15.4. The van der Waals surface area contributed by atoms with Gasteiger partial charge in [-0.15, -0.1) is 0 Å². The van der Waals surface area contributed by atoms with E-state index in [-0.39, 0.29) is 16.7 Å². The van der Waals surface area contributed by atoms with E-state index < -0.39 is 21.5 Å². The Balaban J connectivity index is 1.78. The van der Waals surface area contributed by atoms with Gasteiger partial charge in [-0.25, -0.2) is 13.0 Å². The minimum atomic E-state index is -4.63. The van der Waals surface area contributed by atoms with Crippen molar-refractivity contribution in [3.63, 3.8) is 0 Å². The first-order chi connectivity index (χ1) is 23.1. The molecule has 2 aliphatic heterocycles. The standard InChI is InChI=1S/C38H50N2O8S/c1-37(2,3)31-25-28(48-34-24-27(15-17-30(31)34)39(20-22-46-6)21-23-47-7)12-11-13-35-38(4,5)32-26-29(49(43,44)45)16-18-33(32)40(35)19-10-8-9-14-36(41)42/h11-13,15-18,24-26H,8-10,14,19-23H2,1-7H3,(H-,41,42,43,44,45). The maximum Gasteiger partial charge on any atom is 0.303 e. The molecule has 49 heavy (non-hydrogen) atoms. The topological polar surface area (TPSA) is 132 Å². The molecule has 0 aromatic heterocycles. The number of hydrogen-bond donors (Lipinski definition) is 1. The maximum atomic E-state index is 11.9. The normalized spacial score (nSPS) is 15.4. The van der Waals surface area contributed by atoms with Crippen LogP contribution in [0.2, 0.25) is 0 Å².